The minimum atomic E-state index is -0.529. The van der Waals surface area contributed by atoms with Crippen LogP contribution in [0.5, 0.6) is 0 Å². The molecule has 2 amide bonds. The molecule has 0 saturated carbocycles. The average Bonchev–Trinajstić information content (AvgIpc) is 3.09. The molecule has 0 radical (unpaired) electrons. The molecule has 3 atom stereocenters. The van der Waals surface area contributed by atoms with Crippen LogP contribution >= 0.6 is 0 Å². The molecule has 3 saturated heterocycles. The summed E-state index contributed by atoms with van der Waals surface area (Å²) in [6.07, 6.45) is 1.05. The minimum absolute atomic E-state index is 0.185. The van der Waals surface area contributed by atoms with E-state index in [1.54, 1.807) is 12.1 Å². The molecule has 0 spiro atoms. The van der Waals surface area contributed by atoms with E-state index in [-0.39, 0.29) is 36.9 Å². The molecule has 1 aromatic carbocycles. The summed E-state index contributed by atoms with van der Waals surface area (Å²) in [4.78, 5) is 26.6. The number of fused-ring (bicyclic) bond motifs is 2. The smallest absolute Gasteiger partial charge is 0.414 e. The maximum Gasteiger partial charge on any atom is 0.414 e. The lowest BCUT2D eigenvalue weighted by Gasteiger charge is -2.36. The normalized spacial score (nSPS) is 27.6. The number of anilines is 2. The molecule has 3 aliphatic rings. The topological polar surface area (TPSA) is 71.1 Å². The second-order valence-corrected chi connectivity index (χ2v) is 7.02. The van der Waals surface area contributed by atoms with Crippen molar-refractivity contribution in [2.45, 2.75) is 38.0 Å². The van der Waals surface area contributed by atoms with Gasteiger partial charge in [0.1, 0.15) is 11.9 Å². The maximum atomic E-state index is 14.8. The predicted molar refractivity (Wildman–Crippen MR) is 92.8 cm³/mol. The minimum Gasteiger partial charge on any atom is -0.442 e. The van der Waals surface area contributed by atoms with E-state index in [1.165, 1.54) is 17.9 Å². The monoisotopic (exact) mass is 363 g/mol. The zero-order valence-electron chi connectivity index (χ0n) is 14.6. The summed E-state index contributed by atoms with van der Waals surface area (Å²) in [5, 5.41) is 2.62. The predicted octanol–water partition coefficient (Wildman–Crippen LogP) is 1.65. The van der Waals surface area contributed by atoms with Gasteiger partial charge >= 0.3 is 6.09 Å². The van der Waals surface area contributed by atoms with Crippen LogP contribution in [0.4, 0.5) is 20.6 Å². The van der Waals surface area contributed by atoms with Crippen LogP contribution in [0.3, 0.4) is 0 Å². The summed E-state index contributed by atoms with van der Waals surface area (Å²) in [7, 11) is 0. The van der Waals surface area contributed by atoms with E-state index in [4.69, 9.17) is 9.47 Å². The van der Waals surface area contributed by atoms with E-state index >= 15 is 0 Å². The molecule has 3 fully saturated rings. The van der Waals surface area contributed by atoms with E-state index in [0.29, 0.717) is 24.6 Å². The Morgan fingerprint density at radius 3 is 2.69 bits per heavy atom. The molecule has 3 aliphatic heterocycles. The van der Waals surface area contributed by atoms with Gasteiger partial charge in [-0.3, -0.25) is 9.69 Å². The van der Waals surface area contributed by atoms with E-state index in [0.717, 1.165) is 12.8 Å². The molecule has 140 valence electrons. The van der Waals surface area contributed by atoms with Gasteiger partial charge in [-0.25, -0.2) is 9.18 Å². The number of benzene rings is 1. The molecule has 4 rings (SSSR count). The Labute approximate surface area is 151 Å². The molecular formula is C18H22FN3O4. The van der Waals surface area contributed by atoms with E-state index in [9.17, 15) is 14.0 Å². The molecule has 3 heterocycles. The van der Waals surface area contributed by atoms with Crippen LogP contribution in [0.15, 0.2) is 18.2 Å². The van der Waals surface area contributed by atoms with Gasteiger partial charge in [-0.05, 0) is 31.0 Å². The Bertz CT molecular complexity index is 712. The average molecular weight is 363 g/mol. The first kappa shape index (κ1) is 17.1. The Hall–Kier alpha value is -2.35. The molecular weight excluding hydrogens is 341 g/mol. The lowest BCUT2D eigenvalue weighted by Crippen LogP contribution is -2.46. The van der Waals surface area contributed by atoms with Crippen molar-refractivity contribution in [1.29, 1.82) is 0 Å². The summed E-state index contributed by atoms with van der Waals surface area (Å²) < 4.78 is 25.6. The lowest BCUT2D eigenvalue weighted by atomic mass is 10.1. The maximum absolute atomic E-state index is 14.8. The molecule has 1 aromatic rings. The third-order valence-electron chi connectivity index (χ3n) is 5.21. The van der Waals surface area contributed by atoms with Crippen molar-refractivity contribution in [2.75, 3.05) is 36.1 Å². The van der Waals surface area contributed by atoms with Gasteiger partial charge in [-0.2, -0.15) is 0 Å². The van der Waals surface area contributed by atoms with Crippen molar-refractivity contribution in [3.63, 3.8) is 0 Å². The second-order valence-electron chi connectivity index (χ2n) is 7.02. The molecule has 8 heteroatoms. The summed E-state index contributed by atoms with van der Waals surface area (Å²) >= 11 is 0. The van der Waals surface area contributed by atoms with Crippen LogP contribution in [0.25, 0.3) is 0 Å². The summed E-state index contributed by atoms with van der Waals surface area (Å²) in [5.74, 6) is -0.533. The number of carbonyl (C=O) groups excluding carboxylic acids is 2. The van der Waals surface area contributed by atoms with E-state index in [1.807, 2.05) is 0 Å². The molecule has 2 bridgehead atoms. The van der Waals surface area contributed by atoms with Gasteiger partial charge in [0.2, 0.25) is 5.91 Å². The quantitative estimate of drug-likeness (QED) is 0.881. The van der Waals surface area contributed by atoms with Crippen molar-refractivity contribution in [2.24, 2.45) is 0 Å². The molecule has 0 aromatic heterocycles. The number of halogens is 1. The second kappa shape index (κ2) is 6.75. The third-order valence-corrected chi connectivity index (χ3v) is 5.21. The van der Waals surface area contributed by atoms with Crippen LogP contribution in [0.2, 0.25) is 0 Å². The number of rotatable bonds is 4. The summed E-state index contributed by atoms with van der Waals surface area (Å²) in [6.45, 7) is 3.18. The van der Waals surface area contributed by atoms with Gasteiger partial charge in [0.25, 0.3) is 0 Å². The van der Waals surface area contributed by atoms with Gasteiger partial charge in [0, 0.05) is 6.92 Å². The number of nitrogens with zero attached hydrogens (tertiary/aromatic N) is 2. The number of ether oxygens (including phenoxy) is 2. The number of hydrogen-bond donors (Lipinski definition) is 1. The first-order valence-corrected chi connectivity index (χ1v) is 8.91. The summed E-state index contributed by atoms with van der Waals surface area (Å²) in [6, 6.07) is 5.29. The molecule has 1 N–H and O–H groups in total. The number of morpholine rings is 1. The standard InChI is InChI=1S/C18H22FN3O4/c1-11(23)20-7-15-8-21(18(24)26-15)12-4-5-17(16(19)6-12)22-13-2-3-14(22)10-25-9-13/h4-6,13-15H,2-3,7-10H2,1H3,(H,20,23)/t13?,14?,15-/m0/s1. The lowest BCUT2D eigenvalue weighted by molar-refractivity contribution is -0.119. The first-order valence-electron chi connectivity index (χ1n) is 8.91. The van der Waals surface area contributed by atoms with Gasteiger partial charge in [-0.15, -0.1) is 0 Å². The first-order chi connectivity index (χ1) is 12.5. The molecule has 2 unspecified atom stereocenters. The van der Waals surface area contributed by atoms with E-state index < -0.39 is 12.2 Å². The Morgan fingerprint density at radius 2 is 2.04 bits per heavy atom. The fourth-order valence-electron chi connectivity index (χ4n) is 3.99. The molecule has 26 heavy (non-hydrogen) atoms. The Balaban J connectivity index is 1.49. The highest BCUT2D eigenvalue weighted by Crippen LogP contribution is 2.37. The van der Waals surface area contributed by atoms with Crippen molar-refractivity contribution in [1.82, 2.24) is 5.32 Å². The van der Waals surface area contributed by atoms with Crippen LogP contribution in [-0.4, -0.2) is 56.5 Å². The number of carbonyl (C=O) groups is 2. The highest BCUT2D eigenvalue weighted by Gasteiger charge is 2.39. The molecule has 7 nitrogen and oxygen atoms in total. The highest BCUT2D eigenvalue weighted by atomic mass is 19.1. The zero-order valence-corrected chi connectivity index (χ0v) is 14.6. The van der Waals surface area contributed by atoms with Crippen molar-refractivity contribution in [3.05, 3.63) is 24.0 Å². The van der Waals surface area contributed by atoms with Crippen molar-refractivity contribution < 1.29 is 23.5 Å². The number of cyclic esters (lactones) is 1. The van der Waals surface area contributed by atoms with Gasteiger partial charge in [0.05, 0.1) is 49.8 Å². The van der Waals surface area contributed by atoms with Crippen molar-refractivity contribution >= 4 is 23.4 Å². The fourth-order valence-corrected chi connectivity index (χ4v) is 3.99. The number of amides is 2. The van der Waals surface area contributed by atoms with Crippen LogP contribution in [0.1, 0.15) is 19.8 Å². The summed E-state index contributed by atoms with van der Waals surface area (Å²) in [5.41, 5.74) is 1.02. The molecule has 0 aliphatic carbocycles. The highest BCUT2D eigenvalue weighted by molar-refractivity contribution is 5.90. The van der Waals surface area contributed by atoms with Gasteiger partial charge < -0.3 is 19.7 Å². The zero-order chi connectivity index (χ0) is 18.3. The van der Waals surface area contributed by atoms with Crippen LogP contribution in [-0.2, 0) is 14.3 Å². The largest absolute Gasteiger partial charge is 0.442 e. The van der Waals surface area contributed by atoms with E-state index in [2.05, 4.69) is 10.2 Å². The number of hydrogen-bond acceptors (Lipinski definition) is 5. The number of nitrogens with one attached hydrogen (secondary N) is 1. The van der Waals surface area contributed by atoms with Gasteiger partial charge in [-0.1, -0.05) is 0 Å². The Morgan fingerprint density at radius 1 is 1.31 bits per heavy atom. The SMILES string of the molecule is CC(=O)NC[C@H]1CN(c2ccc(N3C4CCC3COC4)c(F)c2)C(=O)O1. The van der Waals surface area contributed by atoms with Crippen LogP contribution in [0, 0.1) is 5.82 Å². The van der Waals surface area contributed by atoms with Crippen LogP contribution < -0.4 is 15.1 Å². The third kappa shape index (κ3) is 3.09. The van der Waals surface area contributed by atoms with Crippen molar-refractivity contribution in [3.8, 4) is 0 Å². The fraction of sp³-hybridized carbons (Fsp3) is 0.556. The van der Waals surface area contributed by atoms with Gasteiger partial charge in [0.15, 0.2) is 0 Å². The Kier molecular flexibility index (Phi) is 4.44.